The van der Waals surface area contributed by atoms with E-state index < -0.39 is 0 Å². The Kier molecular flexibility index (Phi) is 3.26. The van der Waals surface area contributed by atoms with Crippen molar-refractivity contribution >= 4 is 11.6 Å². The first-order valence-electron chi connectivity index (χ1n) is 5.59. The lowest BCUT2D eigenvalue weighted by molar-refractivity contribution is 0.451. The number of nitrogens with zero attached hydrogens (tertiary/aromatic N) is 4. The van der Waals surface area contributed by atoms with Gasteiger partial charge in [0, 0.05) is 7.05 Å². The Balaban J connectivity index is 2.43. The minimum Gasteiger partial charge on any atom is -0.432 e. The van der Waals surface area contributed by atoms with E-state index in [-0.39, 0.29) is 5.15 Å². The molecule has 0 bridgehead atoms. The summed E-state index contributed by atoms with van der Waals surface area (Å²) in [6.45, 7) is 7.54. The molecule has 0 saturated heterocycles. The van der Waals surface area contributed by atoms with Crippen molar-refractivity contribution in [2.75, 3.05) is 0 Å². The summed E-state index contributed by atoms with van der Waals surface area (Å²) in [5.74, 6) is 0.996. The monoisotopic (exact) mass is 266 g/mol. The molecule has 0 radical (unpaired) electrons. The first kappa shape index (κ1) is 12.8. The standard InChI is InChI=1S/C12H15ClN4O/c1-6-7(2)15-12(11(13)14-6)18-10-8(3)16-17(5)9(10)4/h1-5H3. The number of hydrogen-bond acceptors (Lipinski definition) is 4. The van der Waals surface area contributed by atoms with Gasteiger partial charge < -0.3 is 4.74 Å². The Bertz CT molecular complexity index is 607. The Morgan fingerprint density at radius 1 is 1.00 bits per heavy atom. The summed E-state index contributed by atoms with van der Waals surface area (Å²) >= 11 is 6.04. The number of halogens is 1. The molecule has 0 aliphatic rings. The van der Waals surface area contributed by atoms with Gasteiger partial charge in [0.2, 0.25) is 0 Å². The maximum atomic E-state index is 6.04. The van der Waals surface area contributed by atoms with Crippen LogP contribution in [0.2, 0.25) is 5.15 Å². The number of ether oxygens (including phenoxy) is 1. The maximum Gasteiger partial charge on any atom is 0.258 e. The summed E-state index contributed by atoms with van der Waals surface area (Å²) in [6, 6.07) is 0. The molecule has 0 aliphatic heterocycles. The average Bonchev–Trinajstić information content (AvgIpc) is 2.52. The summed E-state index contributed by atoms with van der Waals surface area (Å²) in [5, 5.41) is 4.54. The summed E-state index contributed by atoms with van der Waals surface area (Å²) in [4.78, 5) is 8.49. The molecule has 0 saturated carbocycles. The molecule has 6 heteroatoms. The third kappa shape index (κ3) is 2.18. The fourth-order valence-electron chi connectivity index (χ4n) is 1.62. The summed E-state index contributed by atoms with van der Waals surface area (Å²) < 4.78 is 7.50. The van der Waals surface area contributed by atoms with Gasteiger partial charge in [-0.2, -0.15) is 5.10 Å². The predicted molar refractivity (Wildman–Crippen MR) is 69.3 cm³/mol. The minimum atomic E-state index is 0.265. The van der Waals surface area contributed by atoms with Crippen LogP contribution in [0.3, 0.4) is 0 Å². The van der Waals surface area contributed by atoms with Crippen molar-refractivity contribution in [1.29, 1.82) is 0 Å². The zero-order chi connectivity index (χ0) is 13.4. The SMILES string of the molecule is Cc1nc(Cl)c(Oc2c(C)nn(C)c2C)nc1C. The highest BCUT2D eigenvalue weighted by Crippen LogP contribution is 2.30. The van der Waals surface area contributed by atoms with E-state index in [1.54, 1.807) is 4.68 Å². The van der Waals surface area contributed by atoms with E-state index in [2.05, 4.69) is 15.1 Å². The van der Waals surface area contributed by atoms with Crippen LogP contribution < -0.4 is 4.74 Å². The zero-order valence-electron chi connectivity index (χ0n) is 11.1. The molecule has 0 spiro atoms. The third-order valence-corrected chi connectivity index (χ3v) is 3.12. The Morgan fingerprint density at radius 2 is 1.61 bits per heavy atom. The summed E-state index contributed by atoms with van der Waals surface area (Å²) in [6.07, 6.45) is 0. The Hall–Kier alpha value is -1.62. The van der Waals surface area contributed by atoms with Gasteiger partial charge in [-0.15, -0.1) is 0 Å². The second kappa shape index (κ2) is 4.57. The second-order valence-corrected chi connectivity index (χ2v) is 4.57. The Morgan fingerprint density at radius 3 is 2.17 bits per heavy atom. The van der Waals surface area contributed by atoms with Gasteiger partial charge in [0.25, 0.3) is 5.88 Å². The van der Waals surface area contributed by atoms with Crippen molar-refractivity contribution in [2.45, 2.75) is 27.7 Å². The largest absolute Gasteiger partial charge is 0.432 e. The van der Waals surface area contributed by atoms with Crippen molar-refractivity contribution in [1.82, 2.24) is 19.7 Å². The van der Waals surface area contributed by atoms with Crippen molar-refractivity contribution < 1.29 is 4.74 Å². The van der Waals surface area contributed by atoms with Crippen LogP contribution in [0.1, 0.15) is 22.8 Å². The van der Waals surface area contributed by atoms with Crippen LogP contribution in [0.25, 0.3) is 0 Å². The predicted octanol–water partition coefficient (Wildman–Crippen LogP) is 2.89. The molecule has 0 aliphatic carbocycles. The van der Waals surface area contributed by atoms with E-state index in [1.807, 2.05) is 34.7 Å². The van der Waals surface area contributed by atoms with E-state index in [4.69, 9.17) is 16.3 Å². The number of aryl methyl sites for hydroxylation is 4. The van der Waals surface area contributed by atoms with Crippen LogP contribution >= 0.6 is 11.6 Å². The fourth-order valence-corrected chi connectivity index (χ4v) is 1.83. The number of rotatable bonds is 2. The molecule has 0 atom stereocenters. The van der Waals surface area contributed by atoms with Crippen LogP contribution in [0.5, 0.6) is 11.6 Å². The lowest BCUT2D eigenvalue weighted by Gasteiger charge is -2.08. The van der Waals surface area contributed by atoms with E-state index >= 15 is 0 Å². The van der Waals surface area contributed by atoms with Crippen molar-refractivity contribution in [3.05, 3.63) is 27.9 Å². The molecule has 0 amide bonds. The van der Waals surface area contributed by atoms with Gasteiger partial charge in [-0.3, -0.25) is 4.68 Å². The molecule has 5 nitrogen and oxygen atoms in total. The molecule has 2 heterocycles. The van der Waals surface area contributed by atoms with Crippen LogP contribution in [0.4, 0.5) is 0 Å². The van der Waals surface area contributed by atoms with E-state index in [0.29, 0.717) is 11.6 Å². The summed E-state index contributed by atoms with van der Waals surface area (Å²) in [5.41, 5.74) is 3.32. The van der Waals surface area contributed by atoms with Gasteiger partial charge >= 0.3 is 0 Å². The number of aromatic nitrogens is 4. The topological polar surface area (TPSA) is 52.8 Å². The molecule has 0 fully saturated rings. The van der Waals surface area contributed by atoms with E-state index in [9.17, 15) is 0 Å². The Labute approximate surface area is 111 Å². The molecule has 0 N–H and O–H groups in total. The van der Waals surface area contributed by atoms with Crippen LogP contribution in [0.15, 0.2) is 0 Å². The third-order valence-electron chi connectivity index (χ3n) is 2.88. The molecular weight excluding hydrogens is 252 g/mol. The van der Waals surface area contributed by atoms with Crippen LogP contribution in [-0.2, 0) is 7.05 Å². The van der Waals surface area contributed by atoms with E-state index in [0.717, 1.165) is 22.8 Å². The van der Waals surface area contributed by atoms with Gasteiger partial charge in [-0.25, -0.2) is 9.97 Å². The second-order valence-electron chi connectivity index (χ2n) is 4.22. The molecule has 0 unspecified atom stereocenters. The minimum absolute atomic E-state index is 0.265. The van der Waals surface area contributed by atoms with Gasteiger partial charge in [-0.05, 0) is 27.7 Å². The quantitative estimate of drug-likeness (QED) is 0.839. The van der Waals surface area contributed by atoms with Crippen molar-refractivity contribution in [3.63, 3.8) is 0 Å². The molecular formula is C12H15ClN4O. The lowest BCUT2D eigenvalue weighted by Crippen LogP contribution is -1.98. The molecule has 2 aromatic heterocycles. The van der Waals surface area contributed by atoms with Crippen molar-refractivity contribution in [3.8, 4) is 11.6 Å². The zero-order valence-corrected chi connectivity index (χ0v) is 11.8. The van der Waals surface area contributed by atoms with Crippen LogP contribution in [0, 0.1) is 27.7 Å². The fraction of sp³-hybridized carbons (Fsp3) is 0.417. The van der Waals surface area contributed by atoms with Crippen LogP contribution in [-0.4, -0.2) is 19.7 Å². The molecule has 2 rings (SSSR count). The van der Waals surface area contributed by atoms with Gasteiger partial charge in [0.05, 0.1) is 17.1 Å². The molecule has 18 heavy (non-hydrogen) atoms. The molecule has 0 aromatic carbocycles. The van der Waals surface area contributed by atoms with Crippen molar-refractivity contribution in [2.24, 2.45) is 7.05 Å². The van der Waals surface area contributed by atoms with Gasteiger partial charge in [0.1, 0.15) is 5.69 Å². The van der Waals surface area contributed by atoms with Gasteiger partial charge in [-0.1, -0.05) is 11.6 Å². The lowest BCUT2D eigenvalue weighted by atomic mass is 10.3. The smallest absolute Gasteiger partial charge is 0.258 e. The normalized spacial score (nSPS) is 10.8. The average molecular weight is 267 g/mol. The number of hydrogen-bond donors (Lipinski definition) is 0. The first-order valence-corrected chi connectivity index (χ1v) is 5.96. The first-order chi connectivity index (χ1) is 8.40. The summed E-state index contributed by atoms with van der Waals surface area (Å²) in [7, 11) is 1.86. The molecule has 96 valence electrons. The van der Waals surface area contributed by atoms with Gasteiger partial charge in [0.15, 0.2) is 10.9 Å². The highest BCUT2D eigenvalue weighted by molar-refractivity contribution is 6.30. The highest BCUT2D eigenvalue weighted by atomic mass is 35.5. The maximum absolute atomic E-state index is 6.04. The molecule has 2 aromatic rings. The highest BCUT2D eigenvalue weighted by Gasteiger charge is 2.15. The van der Waals surface area contributed by atoms with E-state index in [1.165, 1.54) is 0 Å².